The maximum absolute atomic E-state index is 12.5. The summed E-state index contributed by atoms with van der Waals surface area (Å²) in [4.78, 5) is 12.5. The van der Waals surface area contributed by atoms with Gasteiger partial charge in [-0.15, -0.1) is 0 Å². The minimum absolute atomic E-state index is 0.154. The van der Waals surface area contributed by atoms with E-state index in [1.807, 2.05) is 24.3 Å². The van der Waals surface area contributed by atoms with E-state index in [0.29, 0.717) is 11.5 Å². The Morgan fingerprint density at radius 3 is 2.55 bits per heavy atom. The van der Waals surface area contributed by atoms with Gasteiger partial charge in [0.1, 0.15) is 5.58 Å². The first kappa shape index (κ1) is 13.3. The summed E-state index contributed by atoms with van der Waals surface area (Å²) in [6.45, 7) is 2.16. The highest BCUT2D eigenvalue weighted by Crippen LogP contribution is 2.46. The van der Waals surface area contributed by atoms with Crippen molar-refractivity contribution in [3.8, 4) is 0 Å². The average Bonchev–Trinajstić information content (AvgIpc) is 2.96. The first-order chi connectivity index (χ1) is 10.8. The molecule has 1 aliphatic carbocycles. The van der Waals surface area contributed by atoms with Gasteiger partial charge in [-0.3, -0.25) is 0 Å². The lowest BCUT2D eigenvalue weighted by atomic mass is 9.85. The van der Waals surface area contributed by atoms with Crippen molar-refractivity contribution in [1.29, 1.82) is 0 Å². The Morgan fingerprint density at radius 1 is 1.05 bits per heavy atom. The number of fused-ring (bicyclic) bond motifs is 3. The molecule has 1 aromatic heterocycles. The Morgan fingerprint density at radius 2 is 1.77 bits per heavy atom. The second-order valence-electron chi connectivity index (χ2n) is 6.01. The van der Waals surface area contributed by atoms with E-state index in [-0.39, 0.29) is 11.5 Å². The van der Waals surface area contributed by atoms with Crippen molar-refractivity contribution in [2.75, 3.05) is 0 Å². The largest absolute Gasteiger partial charge is 0.423 e. The third-order valence-electron chi connectivity index (χ3n) is 4.91. The lowest BCUT2D eigenvalue weighted by Gasteiger charge is -2.18. The fourth-order valence-electron chi connectivity index (χ4n) is 3.93. The van der Waals surface area contributed by atoms with Crippen molar-refractivity contribution in [3.05, 3.63) is 81.7 Å². The molecule has 2 atom stereocenters. The van der Waals surface area contributed by atoms with Gasteiger partial charge in [0.05, 0.1) is 0 Å². The van der Waals surface area contributed by atoms with Crippen LogP contribution < -0.4 is 5.63 Å². The first-order valence-electron chi connectivity index (χ1n) is 7.89. The second-order valence-corrected chi connectivity index (χ2v) is 6.01. The van der Waals surface area contributed by atoms with Crippen molar-refractivity contribution in [1.82, 2.24) is 0 Å². The SMILES string of the molecule is CC[C@H]1c2c(c3ccccc3oc2=O)C[C@@H]1c1ccccc1. The standard InChI is InChI=1S/C20H18O2/c1-2-14-16(13-8-4-3-5-9-13)12-17-15-10-6-7-11-18(15)22-20(21)19(14)17/h3-11,14,16H,2,12H2,1H3/t14-,16-/m1/s1. The highest BCUT2D eigenvalue weighted by Gasteiger charge is 2.36. The van der Waals surface area contributed by atoms with Gasteiger partial charge in [0.2, 0.25) is 0 Å². The molecule has 1 heterocycles. The first-order valence-corrected chi connectivity index (χ1v) is 7.89. The summed E-state index contributed by atoms with van der Waals surface area (Å²) in [5.74, 6) is 0.619. The smallest absolute Gasteiger partial charge is 0.340 e. The molecule has 0 unspecified atom stereocenters. The van der Waals surface area contributed by atoms with E-state index < -0.39 is 0 Å². The maximum atomic E-state index is 12.5. The highest BCUT2D eigenvalue weighted by atomic mass is 16.4. The lowest BCUT2D eigenvalue weighted by molar-refractivity contribution is 0.516. The van der Waals surface area contributed by atoms with Gasteiger partial charge in [0.25, 0.3) is 0 Å². The van der Waals surface area contributed by atoms with Gasteiger partial charge in [0, 0.05) is 10.9 Å². The zero-order valence-electron chi connectivity index (χ0n) is 12.6. The Hall–Kier alpha value is -2.35. The third-order valence-corrected chi connectivity index (χ3v) is 4.91. The average molecular weight is 290 g/mol. The summed E-state index contributed by atoms with van der Waals surface area (Å²) in [5, 5.41) is 1.09. The fraction of sp³-hybridized carbons (Fsp3) is 0.250. The van der Waals surface area contributed by atoms with Gasteiger partial charge < -0.3 is 4.42 Å². The summed E-state index contributed by atoms with van der Waals surface area (Å²) in [6.07, 6.45) is 1.87. The van der Waals surface area contributed by atoms with Gasteiger partial charge >= 0.3 is 5.63 Å². The van der Waals surface area contributed by atoms with Crippen molar-refractivity contribution < 1.29 is 4.42 Å². The van der Waals surface area contributed by atoms with Crippen molar-refractivity contribution in [2.45, 2.75) is 31.6 Å². The molecule has 2 nitrogen and oxygen atoms in total. The van der Waals surface area contributed by atoms with Crippen LogP contribution in [0.5, 0.6) is 0 Å². The molecule has 0 aliphatic heterocycles. The summed E-state index contributed by atoms with van der Waals surface area (Å²) < 4.78 is 5.57. The Labute approximate surface area is 129 Å². The van der Waals surface area contributed by atoms with Gasteiger partial charge in [-0.1, -0.05) is 55.5 Å². The second kappa shape index (κ2) is 5.13. The van der Waals surface area contributed by atoms with Gasteiger partial charge in [-0.05, 0) is 41.9 Å². The molecule has 0 saturated carbocycles. The molecule has 1 aliphatic rings. The van der Waals surface area contributed by atoms with Crippen LogP contribution in [0.4, 0.5) is 0 Å². The van der Waals surface area contributed by atoms with Crippen molar-refractivity contribution in [2.24, 2.45) is 0 Å². The van der Waals surface area contributed by atoms with Gasteiger partial charge in [-0.25, -0.2) is 4.79 Å². The van der Waals surface area contributed by atoms with Crippen molar-refractivity contribution in [3.63, 3.8) is 0 Å². The van der Waals surface area contributed by atoms with Crippen LogP contribution in [0.2, 0.25) is 0 Å². The number of benzene rings is 2. The van der Waals surface area contributed by atoms with E-state index in [0.717, 1.165) is 23.8 Å². The Balaban J connectivity index is 1.94. The van der Waals surface area contributed by atoms with Crippen LogP contribution >= 0.6 is 0 Å². The van der Waals surface area contributed by atoms with Crippen LogP contribution in [-0.4, -0.2) is 0 Å². The van der Waals surface area contributed by atoms with Gasteiger partial charge in [0.15, 0.2) is 0 Å². The summed E-state index contributed by atoms with van der Waals surface area (Å²) in [7, 11) is 0. The number of hydrogen-bond acceptors (Lipinski definition) is 2. The third kappa shape index (κ3) is 1.91. The molecule has 110 valence electrons. The van der Waals surface area contributed by atoms with E-state index in [1.54, 1.807) is 0 Å². The quantitative estimate of drug-likeness (QED) is 0.644. The molecular weight excluding hydrogens is 272 g/mol. The maximum Gasteiger partial charge on any atom is 0.340 e. The molecule has 0 spiro atoms. The molecule has 2 aromatic carbocycles. The zero-order chi connectivity index (χ0) is 15.1. The van der Waals surface area contributed by atoms with Gasteiger partial charge in [-0.2, -0.15) is 0 Å². The van der Waals surface area contributed by atoms with Crippen LogP contribution in [0.1, 0.15) is 41.9 Å². The van der Waals surface area contributed by atoms with E-state index >= 15 is 0 Å². The predicted octanol–water partition coefficient (Wildman–Crippen LogP) is 4.63. The molecular formula is C20H18O2. The summed E-state index contributed by atoms with van der Waals surface area (Å²) in [5.41, 5.74) is 3.95. The van der Waals surface area contributed by atoms with E-state index in [2.05, 4.69) is 37.3 Å². The summed E-state index contributed by atoms with van der Waals surface area (Å²) in [6, 6.07) is 18.4. The van der Waals surface area contributed by atoms with E-state index in [4.69, 9.17) is 4.42 Å². The van der Waals surface area contributed by atoms with Crippen molar-refractivity contribution >= 4 is 11.0 Å². The monoisotopic (exact) mass is 290 g/mol. The Kier molecular flexibility index (Phi) is 3.11. The minimum atomic E-state index is -0.154. The molecule has 0 saturated heterocycles. The minimum Gasteiger partial charge on any atom is -0.423 e. The highest BCUT2D eigenvalue weighted by molar-refractivity contribution is 5.82. The Bertz CT molecular complexity index is 877. The van der Waals surface area contributed by atoms with E-state index in [1.165, 1.54) is 11.1 Å². The lowest BCUT2D eigenvalue weighted by Crippen LogP contribution is -2.13. The van der Waals surface area contributed by atoms with Crippen LogP contribution in [0.15, 0.2) is 63.8 Å². The molecule has 0 fully saturated rings. The predicted molar refractivity (Wildman–Crippen MR) is 88.4 cm³/mol. The zero-order valence-corrected chi connectivity index (χ0v) is 12.6. The van der Waals surface area contributed by atoms with Crippen LogP contribution in [0.3, 0.4) is 0 Å². The molecule has 0 N–H and O–H groups in total. The van der Waals surface area contributed by atoms with E-state index in [9.17, 15) is 4.79 Å². The molecule has 22 heavy (non-hydrogen) atoms. The topological polar surface area (TPSA) is 30.2 Å². The number of rotatable bonds is 2. The number of hydrogen-bond donors (Lipinski definition) is 0. The molecule has 0 radical (unpaired) electrons. The fourth-order valence-corrected chi connectivity index (χ4v) is 3.93. The summed E-state index contributed by atoms with van der Waals surface area (Å²) >= 11 is 0. The normalized spacial score (nSPS) is 20.2. The molecule has 0 bridgehead atoms. The molecule has 2 heteroatoms. The molecule has 0 amide bonds. The van der Waals surface area contributed by atoms with Crippen LogP contribution in [0.25, 0.3) is 11.0 Å². The van der Waals surface area contributed by atoms with Crippen LogP contribution in [-0.2, 0) is 6.42 Å². The van der Waals surface area contributed by atoms with Crippen LogP contribution in [0, 0.1) is 0 Å². The number of para-hydroxylation sites is 1. The molecule has 3 aromatic rings. The molecule has 4 rings (SSSR count).